The smallest absolute Gasteiger partial charge is 0.246 e. The van der Waals surface area contributed by atoms with Gasteiger partial charge in [0.15, 0.2) is 11.5 Å². The maximum absolute atomic E-state index is 13.4. The van der Waals surface area contributed by atoms with Crippen LogP contribution in [0.2, 0.25) is 0 Å². The molecular formula is C24H30N2O3. The fourth-order valence-electron chi connectivity index (χ4n) is 4.23. The molecule has 0 radical (unpaired) electrons. The molecule has 1 N–H and O–H groups in total. The predicted octanol–water partition coefficient (Wildman–Crippen LogP) is 4.95. The molecule has 29 heavy (non-hydrogen) atoms. The molecule has 0 aromatic heterocycles. The highest BCUT2D eigenvalue weighted by Crippen LogP contribution is 2.37. The summed E-state index contributed by atoms with van der Waals surface area (Å²) < 4.78 is 11.0. The first kappa shape index (κ1) is 19.8. The van der Waals surface area contributed by atoms with Gasteiger partial charge in [-0.05, 0) is 66.6 Å². The summed E-state index contributed by atoms with van der Waals surface area (Å²) in [4.78, 5) is 15.7. The van der Waals surface area contributed by atoms with Gasteiger partial charge < -0.3 is 14.8 Å². The lowest BCUT2D eigenvalue weighted by molar-refractivity contribution is -0.122. The minimum absolute atomic E-state index is 0.00439. The molecule has 1 fully saturated rings. The topological polar surface area (TPSA) is 50.8 Å². The van der Waals surface area contributed by atoms with Crippen molar-refractivity contribution < 1.29 is 14.3 Å². The third-order valence-electron chi connectivity index (χ3n) is 5.86. The van der Waals surface area contributed by atoms with E-state index in [1.807, 2.05) is 30.3 Å². The number of carbonyl (C=O) groups is 1. The van der Waals surface area contributed by atoms with Crippen LogP contribution >= 0.6 is 0 Å². The predicted molar refractivity (Wildman–Crippen MR) is 114 cm³/mol. The van der Waals surface area contributed by atoms with E-state index in [0.717, 1.165) is 36.5 Å². The van der Waals surface area contributed by atoms with Crippen molar-refractivity contribution >= 4 is 11.6 Å². The Kier molecular flexibility index (Phi) is 5.76. The zero-order valence-electron chi connectivity index (χ0n) is 17.5. The Morgan fingerprint density at radius 2 is 1.79 bits per heavy atom. The summed E-state index contributed by atoms with van der Waals surface area (Å²) in [6.45, 7) is 8.66. The van der Waals surface area contributed by atoms with Crippen molar-refractivity contribution in [3.63, 3.8) is 0 Å². The lowest BCUT2D eigenvalue weighted by Crippen LogP contribution is -2.42. The molecule has 2 aromatic rings. The minimum Gasteiger partial charge on any atom is -0.454 e. The fourth-order valence-corrected chi connectivity index (χ4v) is 4.23. The summed E-state index contributed by atoms with van der Waals surface area (Å²) in [7, 11) is 0. The van der Waals surface area contributed by atoms with E-state index >= 15 is 0 Å². The number of piperidine rings is 1. The second-order valence-electron chi connectivity index (χ2n) is 8.52. The van der Waals surface area contributed by atoms with Gasteiger partial charge >= 0.3 is 0 Å². The third-order valence-corrected chi connectivity index (χ3v) is 5.86. The van der Waals surface area contributed by atoms with Gasteiger partial charge in [-0.2, -0.15) is 0 Å². The summed E-state index contributed by atoms with van der Waals surface area (Å²) >= 11 is 0. The van der Waals surface area contributed by atoms with E-state index < -0.39 is 0 Å². The maximum atomic E-state index is 13.4. The van der Waals surface area contributed by atoms with Crippen LogP contribution in [0.3, 0.4) is 0 Å². The lowest BCUT2D eigenvalue weighted by atomic mass is 9.95. The monoisotopic (exact) mass is 394 g/mol. The van der Waals surface area contributed by atoms with Crippen molar-refractivity contribution in [3.05, 3.63) is 53.6 Å². The van der Waals surface area contributed by atoms with E-state index in [4.69, 9.17) is 9.47 Å². The second-order valence-corrected chi connectivity index (χ2v) is 8.52. The molecule has 0 saturated carbocycles. The van der Waals surface area contributed by atoms with E-state index in [1.54, 1.807) is 0 Å². The van der Waals surface area contributed by atoms with Crippen LogP contribution in [-0.2, 0) is 4.79 Å². The first-order valence-electron chi connectivity index (χ1n) is 10.6. The summed E-state index contributed by atoms with van der Waals surface area (Å²) in [5.41, 5.74) is 3.04. The zero-order valence-corrected chi connectivity index (χ0v) is 17.5. The number of nitrogens with zero attached hydrogens (tertiary/aromatic N) is 1. The van der Waals surface area contributed by atoms with Gasteiger partial charge in [0.25, 0.3) is 0 Å². The Morgan fingerprint density at radius 1 is 1.07 bits per heavy atom. The maximum Gasteiger partial charge on any atom is 0.246 e. The van der Waals surface area contributed by atoms with Crippen molar-refractivity contribution in [1.29, 1.82) is 0 Å². The minimum atomic E-state index is -0.350. The van der Waals surface area contributed by atoms with Crippen LogP contribution in [0, 0.1) is 5.92 Å². The molecule has 5 heteroatoms. The van der Waals surface area contributed by atoms with E-state index in [2.05, 4.69) is 43.1 Å². The molecular weight excluding hydrogens is 364 g/mol. The number of ether oxygens (including phenoxy) is 2. The van der Waals surface area contributed by atoms with Crippen molar-refractivity contribution in [1.82, 2.24) is 4.90 Å². The number of fused-ring (bicyclic) bond motifs is 1. The van der Waals surface area contributed by atoms with Crippen LogP contribution in [-0.4, -0.2) is 30.7 Å². The van der Waals surface area contributed by atoms with Gasteiger partial charge in [-0.25, -0.2) is 0 Å². The molecule has 1 amide bonds. The highest BCUT2D eigenvalue weighted by atomic mass is 16.7. The molecule has 2 aliphatic rings. The molecule has 5 nitrogen and oxygen atoms in total. The average molecular weight is 395 g/mol. The third kappa shape index (κ3) is 4.40. The number of anilines is 1. The van der Waals surface area contributed by atoms with Crippen molar-refractivity contribution in [3.8, 4) is 11.5 Å². The van der Waals surface area contributed by atoms with E-state index in [0.29, 0.717) is 17.6 Å². The van der Waals surface area contributed by atoms with E-state index in [-0.39, 0.29) is 18.7 Å². The number of likely N-dealkylation sites (tertiary alicyclic amines) is 1. The molecule has 154 valence electrons. The average Bonchev–Trinajstić information content (AvgIpc) is 3.16. The van der Waals surface area contributed by atoms with Crippen molar-refractivity contribution in [2.45, 2.75) is 45.6 Å². The van der Waals surface area contributed by atoms with Crippen LogP contribution in [0.5, 0.6) is 11.5 Å². The molecule has 2 atom stereocenters. The van der Waals surface area contributed by atoms with Gasteiger partial charge in [-0.3, -0.25) is 9.69 Å². The van der Waals surface area contributed by atoms with E-state index in [9.17, 15) is 4.79 Å². The van der Waals surface area contributed by atoms with Crippen LogP contribution in [0.4, 0.5) is 5.69 Å². The molecule has 0 unspecified atom stereocenters. The number of hydrogen-bond acceptors (Lipinski definition) is 4. The summed E-state index contributed by atoms with van der Waals surface area (Å²) in [5, 5.41) is 3.13. The van der Waals surface area contributed by atoms with Gasteiger partial charge in [0.05, 0.1) is 0 Å². The molecule has 0 aliphatic carbocycles. The summed E-state index contributed by atoms with van der Waals surface area (Å²) in [6, 6.07) is 13.6. The number of carbonyl (C=O) groups excluding carboxylic acids is 1. The van der Waals surface area contributed by atoms with Gasteiger partial charge in [0.2, 0.25) is 12.7 Å². The van der Waals surface area contributed by atoms with Crippen molar-refractivity contribution in [2.75, 3.05) is 25.2 Å². The molecule has 2 heterocycles. The Balaban J connectivity index is 1.59. The molecule has 4 rings (SSSR count). The van der Waals surface area contributed by atoms with Gasteiger partial charge in [-0.1, -0.05) is 39.0 Å². The van der Waals surface area contributed by atoms with Gasteiger partial charge in [-0.15, -0.1) is 0 Å². The van der Waals surface area contributed by atoms with Crippen LogP contribution in [0.15, 0.2) is 42.5 Å². The first-order chi connectivity index (χ1) is 14.0. The number of benzene rings is 2. The second kappa shape index (κ2) is 8.46. The first-order valence-corrected chi connectivity index (χ1v) is 10.6. The summed E-state index contributed by atoms with van der Waals surface area (Å²) in [6.07, 6.45) is 2.32. The summed E-state index contributed by atoms with van der Waals surface area (Å²) in [5.74, 6) is 2.50. The lowest BCUT2D eigenvalue weighted by Gasteiger charge is -2.36. The van der Waals surface area contributed by atoms with Crippen LogP contribution in [0.1, 0.15) is 56.7 Å². The fraction of sp³-hybridized carbons (Fsp3) is 0.458. The molecule has 2 aliphatic heterocycles. The highest BCUT2D eigenvalue weighted by molar-refractivity contribution is 5.95. The molecule has 2 aromatic carbocycles. The van der Waals surface area contributed by atoms with Crippen LogP contribution in [0.25, 0.3) is 0 Å². The Hall–Kier alpha value is -2.53. The zero-order chi connectivity index (χ0) is 20.4. The SMILES string of the molecule is CC(C)c1ccc(NC(=O)[C@@H](c2ccc3c(c2)OCO3)N2CCC[C@@H](C)C2)cc1. The van der Waals surface area contributed by atoms with Gasteiger partial charge in [0, 0.05) is 12.2 Å². The Labute approximate surface area is 173 Å². The van der Waals surface area contributed by atoms with Crippen LogP contribution < -0.4 is 14.8 Å². The number of amides is 1. The number of hydrogen-bond donors (Lipinski definition) is 1. The molecule has 1 saturated heterocycles. The standard InChI is InChI=1S/C24H30N2O3/c1-16(2)18-6-9-20(10-7-18)25-24(27)23(26-12-4-5-17(3)14-26)19-8-11-21-22(13-19)29-15-28-21/h6-11,13,16-17,23H,4-5,12,14-15H2,1-3H3,(H,25,27)/t17-,23-/m1/s1. The largest absolute Gasteiger partial charge is 0.454 e. The quantitative estimate of drug-likeness (QED) is 0.780. The normalized spacial score (nSPS) is 19.9. The number of nitrogens with one attached hydrogen (secondary N) is 1. The van der Waals surface area contributed by atoms with Gasteiger partial charge in [0.1, 0.15) is 6.04 Å². The highest BCUT2D eigenvalue weighted by Gasteiger charge is 2.32. The Morgan fingerprint density at radius 3 is 2.52 bits per heavy atom. The Bertz CT molecular complexity index is 863. The molecule has 0 spiro atoms. The number of rotatable bonds is 5. The van der Waals surface area contributed by atoms with E-state index in [1.165, 1.54) is 12.0 Å². The molecule has 0 bridgehead atoms. The van der Waals surface area contributed by atoms with Crippen molar-refractivity contribution in [2.24, 2.45) is 5.92 Å².